The summed E-state index contributed by atoms with van der Waals surface area (Å²) in [7, 11) is 1.61. The number of benzene rings is 2. The topological polar surface area (TPSA) is 71.5 Å². The Morgan fingerprint density at radius 1 is 1.06 bits per heavy atom. The highest BCUT2D eigenvalue weighted by Crippen LogP contribution is 2.30. The van der Waals surface area contributed by atoms with Crippen molar-refractivity contribution in [2.45, 2.75) is 38.6 Å². The second kappa shape index (κ2) is 11.1. The molecule has 2 aromatic carbocycles. The molecule has 1 aliphatic rings. The van der Waals surface area contributed by atoms with Crippen molar-refractivity contribution in [1.29, 1.82) is 0 Å². The molecule has 0 aliphatic carbocycles. The van der Waals surface area contributed by atoms with Crippen LogP contribution in [-0.4, -0.2) is 41.9 Å². The molecular formula is C28H30FN3O3. The lowest BCUT2D eigenvalue weighted by molar-refractivity contribution is -0.131. The number of nitrogens with zero attached hydrogens (tertiary/aromatic N) is 2. The number of carbonyl (C=O) groups excluding carboxylic acids is 2. The molecule has 1 fully saturated rings. The van der Waals surface area contributed by atoms with Gasteiger partial charge in [-0.1, -0.05) is 24.3 Å². The van der Waals surface area contributed by atoms with Gasteiger partial charge in [-0.05, 0) is 67.3 Å². The van der Waals surface area contributed by atoms with Crippen molar-refractivity contribution in [2.75, 3.05) is 20.2 Å². The quantitative estimate of drug-likeness (QED) is 0.549. The van der Waals surface area contributed by atoms with Gasteiger partial charge in [0.15, 0.2) is 0 Å². The summed E-state index contributed by atoms with van der Waals surface area (Å²) < 4.78 is 18.4. The van der Waals surface area contributed by atoms with Crippen LogP contribution in [0.5, 0.6) is 5.75 Å². The van der Waals surface area contributed by atoms with Crippen molar-refractivity contribution >= 4 is 11.8 Å². The molecule has 2 amide bonds. The molecule has 6 nitrogen and oxygen atoms in total. The van der Waals surface area contributed by atoms with Gasteiger partial charge in [0.05, 0.1) is 24.8 Å². The van der Waals surface area contributed by atoms with Gasteiger partial charge < -0.3 is 15.0 Å². The first kappa shape index (κ1) is 24.4. The second-order valence-electron chi connectivity index (χ2n) is 8.88. The lowest BCUT2D eigenvalue weighted by Crippen LogP contribution is -2.39. The molecule has 0 saturated carbocycles. The average molecular weight is 476 g/mol. The van der Waals surface area contributed by atoms with Crippen LogP contribution in [0.25, 0.3) is 0 Å². The van der Waals surface area contributed by atoms with Crippen LogP contribution in [0.3, 0.4) is 0 Å². The summed E-state index contributed by atoms with van der Waals surface area (Å²) in [5, 5.41) is 2.92. The van der Waals surface area contributed by atoms with Crippen LogP contribution in [-0.2, 0) is 17.8 Å². The number of halogens is 1. The van der Waals surface area contributed by atoms with E-state index < -0.39 is 0 Å². The molecule has 182 valence electrons. The number of amides is 2. The number of methoxy groups -OCH3 is 1. The van der Waals surface area contributed by atoms with E-state index in [4.69, 9.17) is 9.72 Å². The van der Waals surface area contributed by atoms with Gasteiger partial charge in [-0.3, -0.25) is 14.6 Å². The van der Waals surface area contributed by atoms with Gasteiger partial charge in [-0.25, -0.2) is 4.39 Å². The molecule has 3 aromatic rings. The van der Waals surface area contributed by atoms with Gasteiger partial charge in [-0.2, -0.15) is 0 Å². The molecule has 1 aliphatic heterocycles. The Hall–Kier alpha value is -3.74. The largest absolute Gasteiger partial charge is 0.497 e. The van der Waals surface area contributed by atoms with Crippen molar-refractivity contribution in [2.24, 2.45) is 0 Å². The molecule has 1 saturated heterocycles. The number of nitrogens with one attached hydrogen (secondary N) is 1. The Morgan fingerprint density at radius 3 is 2.51 bits per heavy atom. The number of ether oxygens (including phenoxy) is 1. The number of rotatable bonds is 7. The van der Waals surface area contributed by atoms with Gasteiger partial charge in [0.1, 0.15) is 11.6 Å². The molecule has 1 aromatic heterocycles. The highest BCUT2D eigenvalue weighted by atomic mass is 19.1. The van der Waals surface area contributed by atoms with E-state index in [1.807, 2.05) is 48.2 Å². The fraction of sp³-hybridized carbons (Fsp3) is 0.321. The van der Waals surface area contributed by atoms with Crippen LogP contribution in [0.4, 0.5) is 4.39 Å². The number of carbonyl (C=O) groups is 2. The van der Waals surface area contributed by atoms with E-state index in [1.165, 1.54) is 12.1 Å². The number of pyridine rings is 1. The third-order valence-corrected chi connectivity index (χ3v) is 6.40. The summed E-state index contributed by atoms with van der Waals surface area (Å²) in [6.07, 6.45) is 1.83. The molecule has 0 unspecified atom stereocenters. The number of aromatic nitrogens is 1. The zero-order chi connectivity index (χ0) is 24.8. The van der Waals surface area contributed by atoms with Crippen LogP contribution in [0.15, 0.2) is 60.7 Å². The molecule has 0 radical (unpaired) electrons. The van der Waals surface area contributed by atoms with Gasteiger partial charge in [0, 0.05) is 31.2 Å². The minimum absolute atomic E-state index is 0.0890. The first-order valence-electron chi connectivity index (χ1n) is 11.8. The van der Waals surface area contributed by atoms with Crippen molar-refractivity contribution in [3.8, 4) is 5.75 Å². The summed E-state index contributed by atoms with van der Waals surface area (Å²) in [6.45, 7) is 3.47. The molecular weight excluding hydrogens is 445 g/mol. The second-order valence-corrected chi connectivity index (χ2v) is 8.88. The third-order valence-electron chi connectivity index (χ3n) is 6.40. The number of hydrogen-bond donors (Lipinski definition) is 1. The maximum Gasteiger partial charge on any atom is 0.253 e. The zero-order valence-corrected chi connectivity index (χ0v) is 20.1. The number of piperidine rings is 1. The van der Waals surface area contributed by atoms with E-state index in [9.17, 15) is 14.0 Å². The van der Waals surface area contributed by atoms with E-state index in [0.717, 1.165) is 41.1 Å². The number of aryl methyl sites for hydroxylation is 1. The minimum atomic E-state index is -0.307. The Balaban J connectivity index is 1.38. The van der Waals surface area contributed by atoms with Crippen LogP contribution >= 0.6 is 0 Å². The summed E-state index contributed by atoms with van der Waals surface area (Å²) in [4.78, 5) is 32.5. The first-order valence-corrected chi connectivity index (χ1v) is 11.8. The minimum Gasteiger partial charge on any atom is -0.497 e. The molecule has 0 spiro atoms. The SMILES string of the molecule is COc1cccc(CC(=O)N2CCC(c3nc(C)ccc3C(=O)NCc3ccc(F)cc3)CC2)c1. The van der Waals surface area contributed by atoms with E-state index in [-0.39, 0.29) is 23.5 Å². The normalized spacial score (nSPS) is 14.0. The highest BCUT2D eigenvalue weighted by Gasteiger charge is 2.28. The van der Waals surface area contributed by atoms with E-state index in [1.54, 1.807) is 19.2 Å². The monoisotopic (exact) mass is 475 g/mol. The molecule has 1 N–H and O–H groups in total. The van der Waals surface area contributed by atoms with Crippen molar-refractivity contribution in [3.63, 3.8) is 0 Å². The van der Waals surface area contributed by atoms with Crippen LogP contribution in [0.2, 0.25) is 0 Å². The molecule has 0 atom stereocenters. The molecule has 4 rings (SSSR count). The van der Waals surface area contributed by atoms with Crippen LogP contribution in [0, 0.1) is 12.7 Å². The third kappa shape index (κ3) is 6.23. The fourth-order valence-electron chi connectivity index (χ4n) is 4.43. The standard InChI is InChI=1S/C28H30FN3O3/c1-19-6-11-25(28(34)30-18-20-7-9-23(29)10-8-20)27(31-19)22-12-14-32(15-13-22)26(33)17-21-4-3-5-24(16-21)35-2/h3-11,16,22H,12-15,17-18H2,1-2H3,(H,30,34). The van der Waals surface area contributed by atoms with Crippen LogP contribution < -0.4 is 10.1 Å². The molecule has 2 heterocycles. The van der Waals surface area contributed by atoms with Crippen molar-refractivity contribution < 1.29 is 18.7 Å². The number of hydrogen-bond acceptors (Lipinski definition) is 4. The van der Waals surface area contributed by atoms with Gasteiger partial charge >= 0.3 is 0 Å². The zero-order valence-electron chi connectivity index (χ0n) is 20.1. The van der Waals surface area contributed by atoms with E-state index in [2.05, 4.69) is 5.32 Å². The average Bonchev–Trinajstić information content (AvgIpc) is 2.88. The fourth-order valence-corrected chi connectivity index (χ4v) is 4.43. The van der Waals surface area contributed by atoms with E-state index >= 15 is 0 Å². The van der Waals surface area contributed by atoms with Crippen LogP contribution in [0.1, 0.15) is 51.6 Å². The summed E-state index contributed by atoms with van der Waals surface area (Å²) in [6, 6.07) is 17.3. The Labute approximate surface area is 205 Å². The Kier molecular flexibility index (Phi) is 7.75. The van der Waals surface area contributed by atoms with Gasteiger partial charge in [0.2, 0.25) is 5.91 Å². The Morgan fingerprint density at radius 2 is 1.80 bits per heavy atom. The van der Waals surface area contributed by atoms with Gasteiger partial charge in [0.25, 0.3) is 5.91 Å². The number of likely N-dealkylation sites (tertiary alicyclic amines) is 1. The highest BCUT2D eigenvalue weighted by molar-refractivity contribution is 5.95. The predicted octanol–water partition coefficient (Wildman–Crippen LogP) is 4.42. The molecule has 7 heteroatoms. The Bertz CT molecular complexity index is 1190. The van der Waals surface area contributed by atoms with Crippen molar-refractivity contribution in [3.05, 3.63) is 94.6 Å². The molecule has 35 heavy (non-hydrogen) atoms. The molecule has 0 bridgehead atoms. The first-order chi connectivity index (χ1) is 16.9. The summed E-state index contributed by atoms with van der Waals surface area (Å²) >= 11 is 0. The van der Waals surface area contributed by atoms with E-state index in [0.29, 0.717) is 31.6 Å². The lowest BCUT2D eigenvalue weighted by atomic mass is 9.89. The smallest absolute Gasteiger partial charge is 0.253 e. The predicted molar refractivity (Wildman–Crippen MR) is 132 cm³/mol. The summed E-state index contributed by atoms with van der Waals surface area (Å²) in [5.74, 6) is 0.421. The maximum absolute atomic E-state index is 13.1. The van der Waals surface area contributed by atoms with Crippen molar-refractivity contribution in [1.82, 2.24) is 15.2 Å². The summed E-state index contributed by atoms with van der Waals surface area (Å²) in [5.41, 5.74) is 3.94. The maximum atomic E-state index is 13.1. The van der Waals surface area contributed by atoms with Gasteiger partial charge in [-0.15, -0.1) is 0 Å². The lowest BCUT2D eigenvalue weighted by Gasteiger charge is -2.32.